The molecule has 0 aliphatic heterocycles. The molecule has 0 radical (unpaired) electrons. The fourth-order valence-electron chi connectivity index (χ4n) is 3.38. The van der Waals surface area contributed by atoms with Gasteiger partial charge in [-0.15, -0.1) is 0 Å². The molecule has 160 valence electrons. The van der Waals surface area contributed by atoms with E-state index in [2.05, 4.69) is 43.4 Å². The SMILES string of the molecule is CCOc1cc(CCCNC(=NC)NCc2nc3ccccc3n2C)ccc1OC. The van der Waals surface area contributed by atoms with Gasteiger partial charge in [0.25, 0.3) is 0 Å². The van der Waals surface area contributed by atoms with Crippen LogP contribution in [0.5, 0.6) is 11.5 Å². The van der Waals surface area contributed by atoms with Crippen LogP contribution in [0, 0.1) is 0 Å². The van der Waals surface area contributed by atoms with Crippen LogP contribution in [0.4, 0.5) is 0 Å². The van der Waals surface area contributed by atoms with Crippen LogP contribution in [0.3, 0.4) is 0 Å². The van der Waals surface area contributed by atoms with Crippen molar-refractivity contribution >= 4 is 17.0 Å². The summed E-state index contributed by atoms with van der Waals surface area (Å²) >= 11 is 0. The van der Waals surface area contributed by atoms with Gasteiger partial charge < -0.3 is 24.7 Å². The van der Waals surface area contributed by atoms with E-state index in [0.717, 1.165) is 53.7 Å². The number of methoxy groups -OCH3 is 1. The molecule has 7 nitrogen and oxygen atoms in total. The highest BCUT2D eigenvalue weighted by Crippen LogP contribution is 2.28. The Morgan fingerprint density at radius 1 is 1.13 bits per heavy atom. The number of nitrogens with one attached hydrogen (secondary N) is 2. The van der Waals surface area contributed by atoms with Crippen molar-refractivity contribution < 1.29 is 9.47 Å². The van der Waals surface area contributed by atoms with Gasteiger partial charge in [0, 0.05) is 20.6 Å². The molecule has 0 bridgehead atoms. The molecule has 2 aromatic carbocycles. The Labute approximate surface area is 178 Å². The summed E-state index contributed by atoms with van der Waals surface area (Å²) in [6.45, 7) is 4.02. The number of guanidine groups is 1. The van der Waals surface area contributed by atoms with E-state index in [-0.39, 0.29) is 0 Å². The predicted octanol–water partition coefficient (Wildman–Crippen LogP) is 3.28. The molecule has 1 aromatic heterocycles. The molecule has 0 amide bonds. The van der Waals surface area contributed by atoms with Gasteiger partial charge in [-0.3, -0.25) is 4.99 Å². The van der Waals surface area contributed by atoms with Gasteiger partial charge in [-0.1, -0.05) is 18.2 Å². The lowest BCUT2D eigenvalue weighted by Gasteiger charge is -2.13. The summed E-state index contributed by atoms with van der Waals surface area (Å²) in [5.74, 6) is 3.31. The molecule has 0 saturated heterocycles. The average molecular weight is 410 g/mol. The Kier molecular flexibility index (Phi) is 7.54. The number of aryl methyl sites for hydroxylation is 2. The molecule has 2 N–H and O–H groups in total. The third-order valence-corrected chi connectivity index (χ3v) is 4.98. The van der Waals surface area contributed by atoms with Gasteiger partial charge in [0.05, 0.1) is 31.3 Å². The summed E-state index contributed by atoms with van der Waals surface area (Å²) in [5.41, 5.74) is 3.36. The molecule has 0 atom stereocenters. The van der Waals surface area contributed by atoms with Gasteiger partial charge >= 0.3 is 0 Å². The smallest absolute Gasteiger partial charge is 0.191 e. The van der Waals surface area contributed by atoms with Crippen LogP contribution in [0.25, 0.3) is 11.0 Å². The maximum Gasteiger partial charge on any atom is 0.191 e. The Hall–Kier alpha value is -3.22. The summed E-state index contributed by atoms with van der Waals surface area (Å²) in [7, 11) is 5.48. The highest BCUT2D eigenvalue weighted by molar-refractivity contribution is 5.80. The lowest BCUT2D eigenvalue weighted by molar-refractivity contribution is 0.310. The number of hydrogen-bond acceptors (Lipinski definition) is 4. The van der Waals surface area contributed by atoms with E-state index in [1.54, 1.807) is 14.2 Å². The topological polar surface area (TPSA) is 72.7 Å². The predicted molar refractivity (Wildman–Crippen MR) is 121 cm³/mol. The first-order valence-electron chi connectivity index (χ1n) is 10.3. The van der Waals surface area contributed by atoms with Crippen molar-refractivity contribution in [1.82, 2.24) is 20.2 Å². The van der Waals surface area contributed by atoms with Crippen LogP contribution in [0.15, 0.2) is 47.5 Å². The zero-order valence-electron chi connectivity index (χ0n) is 18.2. The Morgan fingerprint density at radius 2 is 1.97 bits per heavy atom. The Morgan fingerprint density at radius 3 is 2.70 bits per heavy atom. The van der Waals surface area contributed by atoms with Crippen molar-refractivity contribution in [3.63, 3.8) is 0 Å². The largest absolute Gasteiger partial charge is 0.493 e. The van der Waals surface area contributed by atoms with E-state index in [0.29, 0.717) is 13.2 Å². The van der Waals surface area contributed by atoms with Crippen LogP contribution in [0.1, 0.15) is 24.7 Å². The highest BCUT2D eigenvalue weighted by atomic mass is 16.5. The van der Waals surface area contributed by atoms with Crippen LogP contribution in [0.2, 0.25) is 0 Å². The number of ether oxygens (including phenoxy) is 2. The van der Waals surface area contributed by atoms with Gasteiger partial charge in [-0.2, -0.15) is 0 Å². The lowest BCUT2D eigenvalue weighted by atomic mass is 10.1. The highest BCUT2D eigenvalue weighted by Gasteiger charge is 2.08. The minimum absolute atomic E-state index is 0.612. The van der Waals surface area contributed by atoms with Crippen LogP contribution >= 0.6 is 0 Å². The summed E-state index contributed by atoms with van der Waals surface area (Å²) in [4.78, 5) is 9.00. The van der Waals surface area contributed by atoms with Gasteiger partial charge in [-0.05, 0) is 49.6 Å². The van der Waals surface area contributed by atoms with Gasteiger partial charge in [0.2, 0.25) is 0 Å². The molecule has 3 aromatic rings. The molecule has 30 heavy (non-hydrogen) atoms. The second-order valence-electron chi connectivity index (χ2n) is 6.95. The molecule has 0 spiro atoms. The number of rotatable bonds is 9. The van der Waals surface area contributed by atoms with Crippen molar-refractivity contribution in [1.29, 1.82) is 0 Å². The van der Waals surface area contributed by atoms with E-state index in [4.69, 9.17) is 9.47 Å². The standard InChI is InChI=1S/C23H31N5O2/c1-5-30-21-15-17(12-13-20(21)29-4)9-8-14-25-23(24-2)26-16-22-27-18-10-6-7-11-19(18)28(22)3/h6-7,10-13,15H,5,8-9,14,16H2,1-4H3,(H2,24,25,26). The van der Waals surface area contributed by atoms with Crippen molar-refractivity contribution in [2.75, 3.05) is 27.3 Å². The second-order valence-corrected chi connectivity index (χ2v) is 6.95. The molecule has 3 rings (SSSR count). The molecule has 0 fully saturated rings. The number of para-hydroxylation sites is 2. The number of aromatic nitrogens is 2. The average Bonchev–Trinajstić information content (AvgIpc) is 3.09. The van der Waals surface area contributed by atoms with Crippen LogP contribution < -0.4 is 20.1 Å². The first kappa shape index (κ1) is 21.5. The quantitative estimate of drug-likeness (QED) is 0.322. The minimum atomic E-state index is 0.612. The normalized spacial score (nSPS) is 11.5. The third kappa shape index (κ3) is 5.23. The Balaban J connectivity index is 1.48. The van der Waals surface area contributed by atoms with Crippen LogP contribution in [-0.2, 0) is 20.0 Å². The molecular weight excluding hydrogens is 378 g/mol. The summed E-state index contributed by atoms with van der Waals surface area (Å²) < 4.78 is 13.1. The number of fused-ring (bicyclic) bond motifs is 1. The van der Waals surface area contributed by atoms with E-state index in [1.807, 2.05) is 38.2 Å². The minimum Gasteiger partial charge on any atom is -0.493 e. The molecule has 1 heterocycles. The van der Waals surface area contributed by atoms with Gasteiger partial charge in [-0.25, -0.2) is 4.98 Å². The molecular formula is C23H31N5O2. The number of benzene rings is 2. The van der Waals surface area contributed by atoms with E-state index in [9.17, 15) is 0 Å². The maximum absolute atomic E-state index is 5.66. The number of nitrogens with zero attached hydrogens (tertiary/aromatic N) is 3. The fourth-order valence-corrected chi connectivity index (χ4v) is 3.38. The number of hydrogen-bond donors (Lipinski definition) is 2. The fraction of sp³-hybridized carbons (Fsp3) is 0.391. The van der Waals surface area contributed by atoms with E-state index in [1.165, 1.54) is 5.56 Å². The molecule has 7 heteroatoms. The monoisotopic (exact) mass is 409 g/mol. The maximum atomic E-state index is 5.66. The van der Waals surface area contributed by atoms with Crippen molar-refractivity contribution in [2.24, 2.45) is 12.0 Å². The second kappa shape index (κ2) is 10.5. The summed E-state index contributed by atoms with van der Waals surface area (Å²) in [6.07, 6.45) is 1.92. The van der Waals surface area contributed by atoms with Gasteiger partial charge in [0.15, 0.2) is 17.5 Å². The number of aliphatic imine (C=N–C) groups is 1. The molecule has 0 aliphatic carbocycles. The molecule has 0 unspecified atom stereocenters. The van der Waals surface area contributed by atoms with E-state index >= 15 is 0 Å². The first-order chi connectivity index (χ1) is 14.7. The van der Waals surface area contributed by atoms with Gasteiger partial charge in [0.1, 0.15) is 5.82 Å². The molecule has 0 aliphatic rings. The number of imidazole rings is 1. The summed E-state index contributed by atoms with van der Waals surface area (Å²) in [5, 5.41) is 6.72. The zero-order valence-corrected chi connectivity index (χ0v) is 18.2. The Bertz CT molecular complexity index is 996. The van der Waals surface area contributed by atoms with Crippen LogP contribution in [-0.4, -0.2) is 42.8 Å². The zero-order chi connectivity index (χ0) is 21.3. The van der Waals surface area contributed by atoms with E-state index < -0.39 is 0 Å². The van der Waals surface area contributed by atoms with Crippen molar-refractivity contribution in [3.05, 3.63) is 53.9 Å². The molecule has 0 saturated carbocycles. The summed E-state index contributed by atoms with van der Waals surface area (Å²) in [6, 6.07) is 14.2. The van der Waals surface area contributed by atoms with Crippen molar-refractivity contribution in [2.45, 2.75) is 26.3 Å². The van der Waals surface area contributed by atoms with Crippen molar-refractivity contribution in [3.8, 4) is 11.5 Å². The lowest BCUT2D eigenvalue weighted by Crippen LogP contribution is -2.37. The third-order valence-electron chi connectivity index (χ3n) is 4.98. The first-order valence-corrected chi connectivity index (χ1v) is 10.3.